The molecule has 0 bridgehead atoms. The van der Waals surface area contributed by atoms with Gasteiger partial charge >= 0.3 is 0 Å². The molecule has 1 aromatic carbocycles. The van der Waals surface area contributed by atoms with E-state index in [0.29, 0.717) is 5.02 Å². The number of hydrogen-bond acceptors (Lipinski definition) is 3. The van der Waals surface area contributed by atoms with E-state index in [1.807, 2.05) is 18.2 Å². The second-order valence-corrected chi connectivity index (χ2v) is 4.89. The van der Waals surface area contributed by atoms with E-state index in [-0.39, 0.29) is 12.1 Å². The summed E-state index contributed by atoms with van der Waals surface area (Å²) in [5.41, 5.74) is 1.17. The van der Waals surface area contributed by atoms with Crippen LogP contribution in [-0.4, -0.2) is 26.4 Å². The second kappa shape index (κ2) is 6.41. The number of hydrogen-bond donors (Lipinski definition) is 1. The quantitative estimate of drug-likeness (QED) is 0.891. The van der Waals surface area contributed by atoms with Gasteiger partial charge in [-0.2, -0.15) is 0 Å². The molecule has 0 aliphatic carbocycles. The SMILES string of the molecule is CCNC(c1ccc(Cl)c(OC)c1)C1CCCO1. The van der Waals surface area contributed by atoms with Crippen molar-refractivity contribution in [3.05, 3.63) is 28.8 Å². The molecule has 0 spiro atoms. The number of methoxy groups -OCH3 is 1. The molecule has 0 amide bonds. The predicted molar refractivity (Wildman–Crippen MR) is 73.4 cm³/mol. The van der Waals surface area contributed by atoms with E-state index in [2.05, 4.69) is 12.2 Å². The van der Waals surface area contributed by atoms with Gasteiger partial charge in [-0.1, -0.05) is 24.6 Å². The molecule has 1 heterocycles. The smallest absolute Gasteiger partial charge is 0.137 e. The van der Waals surface area contributed by atoms with Crippen molar-refractivity contribution in [1.29, 1.82) is 0 Å². The molecule has 2 rings (SSSR count). The van der Waals surface area contributed by atoms with E-state index in [4.69, 9.17) is 21.1 Å². The van der Waals surface area contributed by atoms with Gasteiger partial charge in [-0.15, -0.1) is 0 Å². The molecule has 2 atom stereocenters. The van der Waals surface area contributed by atoms with E-state index < -0.39 is 0 Å². The highest BCUT2D eigenvalue weighted by atomic mass is 35.5. The Morgan fingerprint density at radius 1 is 1.56 bits per heavy atom. The monoisotopic (exact) mass is 269 g/mol. The number of rotatable bonds is 5. The van der Waals surface area contributed by atoms with Crippen molar-refractivity contribution in [2.45, 2.75) is 31.9 Å². The van der Waals surface area contributed by atoms with Crippen LogP contribution in [0.5, 0.6) is 5.75 Å². The number of nitrogens with one attached hydrogen (secondary N) is 1. The van der Waals surface area contributed by atoms with Crippen LogP contribution >= 0.6 is 11.6 Å². The molecule has 0 radical (unpaired) electrons. The first kappa shape index (κ1) is 13.7. The highest BCUT2D eigenvalue weighted by Gasteiger charge is 2.27. The third kappa shape index (κ3) is 2.97. The van der Waals surface area contributed by atoms with Gasteiger partial charge in [0, 0.05) is 6.61 Å². The van der Waals surface area contributed by atoms with Crippen LogP contribution in [0.4, 0.5) is 0 Å². The number of halogens is 1. The summed E-state index contributed by atoms with van der Waals surface area (Å²) in [7, 11) is 1.64. The lowest BCUT2D eigenvalue weighted by Crippen LogP contribution is -2.31. The van der Waals surface area contributed by atoms with Gasteiger partial charge in [-0.3, -0.25) is 0 Å². The van der Waals surface area contributed by atoms with Gasteiger partial charge in [0.05, 0.1) is 24.3 Å². The summed E-state index contributed by atoms with van der Waals surface area (Å²) in [4.78, 5) is 0. The minimum absolute atomic E-state index is 0.212. The van der Waals surface area contributed by atoms with E-state index in [0.717, 1.165) is 31.7 Å². The Morgan fingerprint density at radius 3 is 3.00 bits per heavy atom. The Morgan fingerprint density at radius 2 is 2.39 bits per heavy atom. The van der Waals surface area contributed by atoms with Crippen molar-refractivity contribution < 1.29 is 9.47 Å². The van der Waals surface area contributed by atoms with Crippen LogP contribution in [0.3, 0.4) is 0 Å². The van der Waals surface area contributed by atoms with Crippen molar-refractivity contribution in [3.63, 3.8) is 0 Å². The van der Waals surface area contributed by atoms with Gasteiger partial charge in [0.1, 0.15) is 5.75 Å². The van der Waals surface area contributed by atoms with Gasteiger partial charge in [0.25, 0.3) is 0 Å². The van der Waals surface area contributed by atoms with Gasteiger partial charge < -0.3 is 14.8 Å². The largest absolute Gasteiger partial charge is 0.495 e. The summed E-state index contributed by atoms with van der Waals surface area (Å²) < 4.78 is 11.1. The predicted octanol–water partition coefficient (Wildman–Crippen LogP) is 3.18. The Kier molecular flexibility index (Phi) is 4.87. The summed E-state index contributed by atoms with van der Waals surface area (Å²) in [5.74, 6) is 0.718. The summed E-state index contributed by atoms with van der Waals surface area (Å²) >= 11 is 6.06. The second-order valence-electron chi connectivity index (χ2n) is 4.48. The van der Waals surface area contributed by atoms with Crippen molar-refractivity contribution in [3.8, 4) is 5.75 Å². The lowest BCUT2D eigenvalue weighted by Gasteiger charge is -2.24. The van der Waals surface area contributed by atoms with E-state index >= 15 is 0 Å². The summed E-state index contributed by atoms with van der Waals surface area (Å²) in [6.45, 7) is 3.88. The molecular weight excluding hydrogens is 250 g/mol. The fourth-order valence-corrected chi connectivity index (χ4v) is 2.61. The first-order valence-electron chi connectivity index (χ1n) is 6.44. The fourth-order valence-electron chi connectivity index (χ4n) is 2.42. The molecule has 0 saturated carbocycles. The third-order valence-corrected chi connectivity index (χ3v) is 3.61. The average molecular weight is 270 g/mol. The topological polar surface area (TPSA) is 30.5 Å². The van der Waals surface area contributed by atoms with E-state index in [1.165, 1.54) is 5.56 Å². The molecule has 1 fully saturated rings. The fraction of sp³-hybridized carbons (Fsp3) is 0.571. The van der Waals surface area contributed by atoms with Crippen LogP contribution in [0, 0.1) is 0 Å². The maximum absolute atomic E-state index is 6.06. The van der Waals surface area contributed by atoms with E-state index in [1.54, 1.807) is 7.11 Å². The van der Waals surface area contributed by atoms with Gasteiger partial charge in [0.15, 0.2) is 0 Å². The van der Waals surface area contributed by atoms with Crippen molar-refractivity contribution in [1.82, 2.24) is 5.32 Å². The molecule has 2 unspecified atom stereocenters. The molecule has 4 heteroatoms. The van der Waals surface area contributed by atoms with E-state index in [9.17, 15) is 0 Å². The highest BCUT2D eigenvalue weighted by Crippen LogP contribution is 2.32. The standard InChI is InChI=1S/C14H20ClNO2/c1-3-16-14(12-5-4-8-18-12)10-6-7-11(15)13(9-10)17-2/h6-7,9,12,14,16H,3-5,8H2,1-2H3. The zero-order valence-corrected chi connectivity index (χ0v) is 11.7. The van der Waals surface area contributed by atoms with Crippen LogP contribution < -0.4 is 10.1 Å². The Balaban J connectivity index is 2.23. The Bertz CT molecular complexity index is 391. The Hall–Kier alpha value is -0.770. The molecule has 1 aliphatic heterocycles. The van der Waals surface area contributed by atoms with Crippen molar-refractivity contribution in [2.24, 2.45) is 0 Å². The lowest BCUT2D eigenvalue weighted by atomic mass is 9.99. The van der Waals surface area contributed by atoms with Gasteiger partial charge in [-0.25, -0.2) is 0 Å². The maximum Gasteiger partial charge on any atom is 0.137 e. The first-order valence-corrected chi connectivity index (χ1v) is 6.82. The van der Waals surface area contributed by atoms with Crippen molar-refractivity contribution >= 4 is 11.6 Å². The minimum Gasteiger partial charge on any atom is -0.495 e. The summed E-state index contributed by atoms with van der Waals surface area (Å²) in [6, 6.07) is 6.13. The first-order chi connectivity index (χ1) is 8.76. The summed E-state index contributed by atoms with van der Waals surface area (Å²) in [6.07, 6.45) is 2.48. The average Bonchev–Trinajstić information content (AvgIpc) is 2.90. The lowest BCUT2D eigenvalue weighted by molar-refractivity contribution is 0.0787. The molecule has 18 heavy (non-hydrogen) atoms. The zero-order chi connectivity index (χ0) is 13.0. The van der Waals surface area contributed by atoms with Crippen molar-refractivity contribution in [2.75, 3.05) is 20.3 Å². The van der Waals surface area contributed by atoms with Crippen LogP contribution in [-0.2, 0) is 4.74 Å². The highest BCUT2D eigenvalue weighted by molar-refractivity contribution is 6.32. The van der Waals surface area contributed by atoms with Crippen LogP contribution in [0.15, 0.2) is 18.2 Å². The molecule has 1 aromatic rings. The van der Waals surface area contributed by atoms with Crippen LogP contribution in [0.1, 0.15) is 31.4 Å². The molecule has 1 aliphatic rings. The summed E-state index contributed by atoms with van der Waals surface area (Å²) in [5, 5.41) is 4.13. The van der Waals surface area contributed by atoms with Crippen LogP contribution in [0.2, 0.25) is 5.02 Å². The molecule has 3 nitrogen and oxygen atoms in total. The van der Waals surface area contributed by atoms with Gasteiger partial charge in [-0.05, 0) is 37.1 Å². The molecule has 1 saturated heterocycles. The maximum atomic E-state index is 6.06. The third-order valence-electron chi connectivity index (χ3n) is 3.30. The van der Waals surface area contributed by atoms with Gasteiger partial charge in [0.2, 0.25) is 0 Å². The number of ether oxygens (including phenoxy) is 2. The molecule has 0 aromatic heterocycles. The normalized spacial score (nSPS) is 20.9. The van der Waals surface area contributed by atoms with Crippen LogP contribution in [0.25, 0.3) is 0 Å². The molecular formula is C14H20ClNO2. The molecule has 1 N–H and O–H groups in total. The molecule has 100 valence electrons. The zero-order valence-electron chi connectivity index (χ0n) is 10.9. The minimum atomic E-state index is 0.212. The number of benzene rings is 1. The Labute approximate surface area is 113 Å². The number of likely N-dealkylation sites (N-methyl/N-ethyl adjacent to an activating group) is 1.